The fourth-order valence-corrected chi connectivity index (χ4v) is 3.00. The van der Waals surface area contributed by atoms with Crippen molar-refractivity contribution < 1.29 is 9.53 Å². The SMILES string of the molecule is CC(C)Oc1cccc2c1[nH]c(=S)n2CC1CCC(=O)N1. The second-order valence-electron chi connectivity index (χ2n) is 5.66. The number of ether oxygens (including phenoxy) is 1. The molecule has 1 unspecified atom stereocenters. The standard InChI is InChI=1S/C15H19N3O2S/c1-9(2)20-12-5-3-4-11-14(12)17-15(21)18(11)8-10-6-7-13(19)16-10/h3-5,9-10H,6-8H2,1-2H3,(H,16,19)(H,17,21). The van der Waals surface area contributed by atoms with Gasteiger partial charge in [0.1, 0.15) is 11.3 Å². The van der Waals surface area contributed by atoms with Crippen LogP contribution in [-0.2, 0) is 11.3 Å². The smallest absolute Gasteiger partial charge is 0.220 e. The molecule has 21 heavy (non-hydrogen) atoms. The van der Waals surface area contributed by atoms with E-state index in [9.17, 15) is 4.79 Å². The zero-order chi connectivity index (χ0) is 15.0. The third-order valence-electron chi connectivity index (χ3n) is 3.62. The number of rotatable bonds is 4. The summed E-state index contributed by atoms with van der Waals surface area (Å²) in [5, 5.41) is 2.98. The van der Waals surface area contributed by atoms with Gasteiger partial charge >= 0.3 is 0 Å². The summed E-state index contributed by atoms with van der Waals surface area (Å²) in [5.74, 6) is 0.929. The lowest BCUT2D eigenvalue weighted by Gasteiger charge is -2.13. The van der Waals surface area contributed by atoms with Gasteiger partial charge in [0.15, 0.2) is 4.77 Å². The molecule has 0 radical (unpaired) electrons. The lowest BCUT2D eigenvalue weighted by Crippen LogP contribution is -2.29. The van der Waals surface area contributed by atoms with Gasteiger partial charge in [-0.15, -0.1) is 0 Å². The third-order valence-corrected chi connectivity index (χ3v) is 3.95. The zero-order valence-corrected chi connectivity index (χ0v) is 13.0. The molecule has 1 aliphatic heterocycles. The van der Waals surface area contributed by atoms with Crippen molar-refractivity contribution in [3.05, 3.63) is 23.0 Å². The van der Waals surface area contributed by atoms with Crippen molar-refractivity contribution >= 4 is 29.2 Å². The number of hydrogen-bond donors (Lipinski definition) is 2. The monoisotopic (exact) mass is 305 g/mol. The molecule has 2 aromatic rings. The summed E-state index contributed by atoms with van der Waals surface area (Å²) >= 11 is 5.43. The Morgan fingerprint density at radius 3 is 2.95 bits per heavy atom. The molecule has 0 spiro atoms. The summed E-state index contributed by atoms with van der Waals surface area (Å²) in [7, 11) is 0. The topological polar surface area (TPSA) is 59.0 Å². The lowest BCUT2D eigenvalue weighted by molar-refractivity contribution is -0.119. The molecular formula is C15H19N3O2S. The minimum Gasteiger partial charge on any atom is -0.489 e. The Balaban J connectivity index is 1.97. The van der Waals surface area contributed by atoms with Gasteiger partial charge in [-0.1, -0.05) is 6.07 Å². The number of para-hydroxylation sites is 1. The van der Waals surface area contributed by atoms with E-state index in [0.717, 1.165) is 23.2 Å². The van der Waals surface area contributed by atoms with Crippen molar-refractivity contribution in [1.29, 1.82) is 0 Å². The first-order valence-electron chi connectivity index (χ1n) is 7.22. The highest BCUT2D eigenvalue weighted by Gasteiger charge is 2.22. The van der Waals surface area contributed by atoms with E-state index in [1.165, 1.54) is 0 Å². The van der Waals surface area contributed by atoms with E-state index in [-0.39, 0.29) is 18.1 Å². The summed E-state index contributed by atoms with van der Waals surface area (Å²) in [6.07, 6.45) is 1.56. The van der Waals surface area contributed by atoms with Crippen LogP contribution in [0.3, 0.4) is 0 Å². The Labute approximate surface area is 128 Å². The molecule has 0 bridgehead atoms. The number of nitrogens with zero attached hydrogens (tertiary/aromatic N) is 1. The number of benzene rings is 1. The quantitative estimate of drug-likeness (QED) is 0.854. The maximum atomic E-state index is 11.3. The maximum Gasteiger partial charge on any atom is 0.220 e. The number of nitrogens with one attached hydrogen (secondary N) is 2. The number of amides is 1. The number of imidazole rings is 1. The van der Waals surface area contributed by atoms with Crippen LogP contribution >= 0.6 is 12.2 Å². The van der Waals surface area contributed by atoms with Gasteiger partial charge in [-0.3, -0.25) is 4.79 Å². The van der Waals surface area contributed by atoms with E-state index in [2.05, 4.69) is 10.3 Å². The molecule has 1 fully saturated rings. The summed E-state index contributed by atoms with van der Waals surface area (Å²) in [6.45, 7) is 4.69. The van der Waals surface area contributed by atoms with Crippen LogP contribution in [0, 0.1) is 4.77 Å². The number of fused-ring (bicyclic) bond motifs is 1. The second kappa shape index (κ2) is 5.52. The molecule has 1 aromatic carbocycles. The molecule has 112 valence electrons. The van der Waals surface area contributed by atoms with E-state index in [0.29, 0.717) is 17.7 Å². The first-order chi connectivity index (χ1) is 10.0. The van der Waals surface area contributed by atoms with Crippen molar-refractivity contribution in [2.75, 3.05) is 0 Å². The van der Waals surface area contributed by atoms with Gasteiger partial charge < -0.3 is 19.6 Å². The van der Waals surface area contributed by atoms with Gasteiger partial charge in [-0.05, 0) is 44.6 Å². The van der Waals surface area contributed by atoms with Gasteiger partial charge in [0, 0.05) is 19.0 Å². The van der Waals surface area contributed by atoms with Crippen molar-refractivity contribution in [3.63, 3.8) is 0 Å². The van der Waals surface area contributed by atoms with Crippen LogP contribution in [0.15, 0.2) is 18.2 Å². The minimum atomic E-state index is 0.107. The average molecular weight is 305 g/mol. The molecule has 6 heteroatoms. The molecule has 5 nitrogen and oxygen atoms in total. The average Bonchev–Trinajstić information content (AvgIpc) is 2.96. The summed E-state index contributed by atoms with van der Waals surface area (Å²) in [6, 6.07) is 6.07. The Morgan fingerprint density at radius 2 is 2.29 bits per heavy atom. The molecule has 2 N–H and O–H groups in total. The van der Waals surface area contributed by atoms with E-state index in [1.54, 1.807) is 0 Å². The van der Waals surface area contributed by atoms with Crippen LogP contribution < -0.4 is 10.1 Å². The highest BCUT2D eigenvalue weighted by atomic mass is 32.1. The van der Waals surface area contributed by atoms with Gasteiger partial charge in [-0.2, -0.15) is 0 Å². The predicted molar refractivity (Wildman–Crippen MR) is 84.1 cm³/mol. The van der Waals surface area contributed by atoms with Crippen LogP contribution in [0.25, 0.3) is 11.0 Å². The fourth-order valence-electron chi connectivity index (χ4n) is 2.72. The molecular weight excluding hydrogens is 286 g/mol. The molecule has 3 rings (SSSR count). The fraction of sp³-hybridized carbons (Fsp3) is 0.467. The van der Waals surface area contributed by atoms with Crippen molar-refractivity contribution in [2.24, 2.45) is 0 Å². The van der Waals surface area contributed by atoms with Gasteiger partial charge in [-0.25, -0.2) is 0 Å². The second-order valence-corrected chi connectivity index (χ2v) is 6.05. The normalized spacial score (nSPS) is 18.4. The number of carbonyl (C=O) groups excluding carboxylic acids is 1. The van der Waals surface area contributed by atoms with Crippen molar-refractivity contribution in [2.45, 2.75) is 45.4 Å². The first kappa shape index (κ1) is 14.1. The zero-order valence-electron chi connectivity index (χ0n) is 12.2. The first-order valence-corrected chi connectivity index (χ1v) is 7.63. The van der Waals surface area contributed by atoms with Crippen LogP contribution in [0.4, 0.5) is 0 Å². The van der Waals surface area contributed by atoms with Gasteiger partial charge in [0.2, 0.25) is 5.91 Å². The predicted octanol–water partition coefficient (Wildman–Crippen LogP) is 2.76. The van der Waals surface area contributed by atoms with Crippen molar-refractivity contribution in [1.82, 2.24) is 14.9 Å². The largest absolute Gasteiger partial charge is 0.489 e. The number of carbonyl (C=O) groups is 1. The molecule has 0 aliphatic carbocycles. The number of aromatic nitrogens is 2. The Hall–Kier alpha value is -1.82. The maximum absolute atomic E-state index is 11.3. The third kappa shape index (κ3) is 2.81. The number of hydrogen-bond acceptors (Lipinski definition) is 3. The van der Waals surface area contributed by atoms with Crippen LogP contribution in [0.1, 0.15) is 26.7 Å². The van der Waals surface area contributed by atoms with Gasteiger partial charge in [0.05, 0.1) is 11.6 Å². The molecule has 1 amide bonds. The lowest BCUT2D eigenvalue weighted by atomic mass is 10.2. The van der Waals surface area contributed by atoms with E-state index < -0.39 is 0 Å². The highest BCUT2D eigenvalue weighted by Crippen LogP contribution is 2.26. The van der Waals surface area contributed by atoms with Crippen LogP contribution in [0.5, 0.6) is 5.75 Å². The van der Waals surface area contributed by atoms with Crippen LogP contribution in [-0.4, -0.2) is 27.6 Å². The molecule has 0 saturated carbocycles. The Bertz CT molecular complexity index is 732. The summed E-state index contributed by atoms with van der Waals surface area (Å²) in [4.78, 5) is 14.6. The van der Waals surface area contributed by atoms with Crippen molar-refractivity contribution in [3.8, 4) is 5.75 Å². The van der Waals surface area contributed by atoms with E-state index in [4.69, 9.17) is 17.0 Å². The molecule has 1 aromatic heterocycles. The minimum absolute atomic E-state index is 0.107. The summed E-state index contributed by atoms with van der Waals surface area (Å²) < 4.78 is 8.52. The molecule has 1 atom stereocenters. The van der Waals surface area contributed by atoms with E-state index >= 15 is 0 Å². The Kier molecular flexibility index (Phi) is 3.71. The van der Waals surface area contributed by atoms with Crippen LogP contribution in [0.2, 0.25) is 0 Å². The molecule has 1 aliphatic rings. The van der Waals surface area contributed by atoms with E-state index in [1.807, 2.05) is 36.6 Å². The number of aromatic amines is 1. The van der Waals surface area contributed by atoms with Gasteiger partial charge in [0.25, 0.3) is 0 Å². The Morgan fingerprint density at radius 1 is 1.48 bits per heavy atom. The highest BCUT2D eigenvalue weighted by molar-refractivity contribution is 7.71. The summed E-state index contributed by atoms with van der Waals surface area (Å²) in [5.41, 5.74) is 1.93. The molecule has 1 saturated heterocycles. The molecule has 2 heterocycles. The number of H-pyrrole nitrogens is 1.